The zero-order valence-electron chi connectivity index (χ0n) is 13.3. The number of aryl methyl sites for hydroxylation is 1. The minimum Gasteiger partial charge on any atom is -0.347 e. The van der Waals surface area contributed by atoms with Crippen molar-refractivity contribution >= 4 is 5.91 Å². The van der Waals surface area contributed by atoms with E-state index in [9.17, 15) is 9.59 Å². The van der Waals surface area contributed by atoms with Crippen molar-refractivity contribution in [2.24, 2.45) is 0 Å². The van der Waals surface area contributed by atoms with Crippen LogP contribution in [0.2, 0.25) is 0 Å². The molecular weight excluding hydrogens is 302 g/mol. The highest BCUT2D eigenvalue weighted by Crippen LogP contribution is 2.05. The average Bonchev–Trinajstić information content (AvgIpc) is 2.61. The molecule has 0 unspecified atom stereocenters. The van der Waals surface area contributed by atoms with Gasteiger partial charge in [0.1, 0.15) is 5.69 Å². The van der Waals surface area contributed by atoms with Gasteiger partial charge in [-0.1, -0.05) is 48.0 Å². The number of para-hydroxylation sites is 1. The maximum absolute atomic E-state index is 12.3. The molecule has 1 aromatic heterocycles. The molecule has 5 heteroatoms. The number of aromatic nitrogens is 2. The van der Waals surface area contributed by atoms with Crippen molar-refractivity contribution in [2.75, 3.05) is 0 Å². The molecule has 5 nitrogen and oxygen atoms in total. The predicted octanol–water partition coefficient (Wildman–Crippen LogP) is 2.47. The predicted molar refractivity (Wildman–Crippen MR) is 92.2 cm³/mol. The third-order valence-corrected chi connectivity index (χ3v) is 3.57. The summed E-state index contributed by atoms with van der Waals surface area (Å²) in [6.45, 7) is 2.41. The Morgan fingerprint density at radius 1 is 1.04 bits per heavy atom. The first-order chi connectivity index (χ1) is 11.6. The molecule has 1 amide bonds. The Balaban J connectivity index is 1.79. The summed E-state index contributed by atoms with van der Waals surface area (Å²) in [7, 11) is 0. The van der Waals surface area contributed by atoms with E-state index in [1.807, 2.05) is 49.4 Å². The Kier molecular flexibility index (Phi) is 4.52. The standard InChI is InChI=1S/C19H17N3O2/c1-14-6-5-7-15(12-14)13-20-19(24)17-10-11-18(23)22(21-17)16-8-3-2-4-9-16/h2-12H,13H2,1H3,(H,20,24). The first-order valence-electron chi connectivity index (χ1n) is 7.63. The number of hydrogen-bond donors (Lipinski definition) is 1. The minimum atomic E-state index is -0.318. The van der Waals surface area contributed by atoms with Crippen LogP contribution >= 0.6 is 0 Å². The van der Waals surface area contributed by atoms with Crippen LogP contribution in [0.3, 0.4) is 0 Å². The van der Waals surface area contributed by atoms with Crippen LogP contribution in [-0.2, 0) is 6.54 Å². The molecule has 120 valence electrons. The maximum Gasteiger partial charge on any atom is 0.272 e. The molecule has 0 fully saturated rings. The number of hydrogen-bond acceptors (Lipinski definition) is 3. The van der Waals surface area contributed by atoms with E-state index in [0.717, 1.165) is 11.1 Å². The normalized spacial score (nSPS) is 10.4. The second kappa shape index (κ2) is 6.91. The number of carbonyl (C=O) groups is 1. The number of nitrogens with one attached hydrogen (secondary N) is 1. The monoisotopic (exact) mass is 319 g/mol. The number of amides is 1. The number of carbonyl (C=O) groups excluding carboxylic acids is 1. The van der Waals surface area contributed by atoms with Crippen LogP contribution in [0.1, 0.15) is 21.6 Å². The SMILES string of the molecule is Cc1cccc(CNC(=O)c2ccc(=O)n(-c3ccccc3)n2)c1. The Labute approximate surface area is 139 Å². The minimum absolute atomic E-state index is 0.200. The van der Waals surface area contributed by atoms with Gasteiger partial charge in [0.2, 0.25) is 0 Å². The molecule has 0 spiro atoms. The number of rotatable bonds is 4. The summed E-state index contributed by atoms with van der Waals surface area (Å²) < 4.78 is 1.22. The molecule has 0 saturated heterocycles. The molecular formula is C19H17N3O2. The highest BCUT2D eigenvalue weighted by molar-refractivity contribution is 5.92. The fourth-order valence-corrected chi connectivity index (χ4v) is 2.38. The average molecular weight is 319 g/mol. The van der Waals surface area contributed by atoms with Gasteiger partial charge >= 0.3 is 0 Å². The zero-order chi connectivity index (χ0) is 16.9. The third kappa shape index (κ3) is 3.57. The van der Waals surface area contributed by atoms with E-state index >= 15 is 0 Å². The van der Waals surface area contributed by atoms with E-state index in [2.05, 4.69) is 10.4 Å². The molecule has 3 aromatic rings. The van der Waals surface area contributed by atoms with Gasteiger partial charge in [-0.05, 0) is 30.7 Å². The van der Waals surface area contributed by atoms with Gasteiger partial charge in [0.05, 0.1) is 5.69 Å². The van der Waals surface area contributed by atoms with Crippen molar-refractivity contribution in [2.45, 2.75) is 13.5 Å². The summed E-state index contributed by atoms with van der Waals surface area (Å²) in [5.41, 5.74) is 2.69. The molecule has 0 aliphatic heterocycles. The fraction of sp³-hybridized carbons (Fsp3) is 0.105. The van der Waals surface area contributed by atoms with Gasteiger partial charge in [-0.3, -0.25) is 9.59 Å². The quantitative estimate of drug-likeness (QED) is 0.803. The Morgan fingerprint density at radius 3 is 2.58 bits per heavy atom. The molecule has 0 aliphatic rings. The lowest BCUT2D eigenvalue weighted by molar-refractivity contribution is 0.0944. The molecule has 0 saturated carbocycles. The third-order valence-electron chi connectivity index (χ3n) is 3.57. The topological polar surface area (TPSA) is 64.0 Å². The van der Waals surface area contributed by atoms with Gasteiger partial charge in [-0.2, -0.15) is 9.78 Å². The van der Waals surface area contributed by atoms with Crippen LogP contribution in [0.25, 0.3) is 5.69 Å². The van der Waals surface area contributed by atoms with Gasteiger partial charge in [0.25, 0.3) is 11.5 Å². The maximum atomic E-state index is 12.3. The summed E-state index contributed by atoms with van der Waals surface area (Å²) in [6, 6.07) is 19.7. The lowest BCUT2D eigenvalue weighted by Crippen LogP contribution is -2.28. The highest BCUT2D eigenvalue weighted by atomic mass is 16.2. The molecule has 1 heterocycles. The Bertz CT molecular complexity index is 917. The number of benzene rings is 2. The van der Waals surface area contributed by atoms with E-state index in [1.54, 1.807) is 12.1 Å². The Morgan fingerprint density at radius 2 is 1.83 bits per heavy atom. The molecule has 1 N–H and O–H groups in total. The molecule has 0 atom stereocenters. The summed E-state index contributed by atoms with van der Waals surface area (Å²) in [6.07, 6.45) is 0. The van der Waals surface area contributed by atoms with E-state index < -0.39 is 0 Å². The van der Waals surface area contributed by atoms with Crippen molar-refractivity contribution in [3.05, 3.63) is 93.9 Å². The van der Waals surface area contributed by atoms with E-state index in [0.29, 0.717) is 12.2 Å². The first kappa shape index (κ1) is 15.7. The summed E-state index contributed by atoms with van der Waals surface area (Å²) >= 11 is 0. The largest absolute Gasteiger partial charge is 0.347 e. The van der Waals surface area contributed by atoms with Gasteiger partial charge in [-0.25, -0.2) is 0 Å². The highest BCUT2D eigenvalue weighted by Gasteiger charge is 2.10. The van der Waals surface area contributed by atoms with Gasteiger partial charge in [0.15, 0.2) is 0 Å². The van der Waals surface area contributed by atoms with Crippen molar-refractivity contribution in [1.29, 1.82) is 0 Å². The molecule has 3 rings (SSSR count). The van der Waals surface area contributed by atoms with Gasteiger partial charge < -0.3 is 5.32 Å². The van der Waals surface area contributed by atoms with Crippen LogP contribution in [0, 0.1) is 6.92 Å². The smallest absolute Gasteiger partial charge is 0.272 e. The van der Waals surface area contributed by atoms with E-state index in [4.69, 9.17) is 0 Å². The van der Waals surface area contributed by atoms with Crippen LogP contribution in [0.15, 0.2) is 71.5 Å². The lowest BCUT2D eigenvalue weighted by atomic mass is 10.1. The molecule has 0 radical (unpaired) electrons. The molecule has 0 aliphatic carbocycles. The number of nitrogens with zero attached hydrogens (tertiary/aromatic N) is 2. The van der Waals surface area contributed by atoms with E-state index in [1.165, 1.54) is 16.8 Å². The van der Waals surface area contributed by atoms with Crippen molar-refractivity contribution in [3.63, 3.8) is 0 Å². The fourth-order valence-electron chi connectivity index (χ4n) is 2.38. The molecule has 2 aromatic carbocycles. The molecule has 0 bridgehead atoms. The van der Waals surface area contributed by atoms with Crippen LogP contribution in [0.5, 0.6) is 0 Å². The van der Waals surface area contributed by atoms with E-state index in [-0.39, 0.29) is 17.2 Å². The first-order valence-corrected chi connectivity index (χ1v) is 7.63. The Hall–Kier alpha value is -3.21. The second-order valence-electron chi connectivity index (χ2n) is 5.48. The van der Waals surface area contributed by atoms with Crippen molar-refractivity contribution in [3.8, 4) is 5.69 Å². The van der Waals surface area contributed by atoms with Crippen LogP contribution < -0.4 is 10.9 Å². The summed E-state index contributed by atoms with van der Waals surface area (Å²) in [5.74, 6) is -0.318. The van der Waals surface area contributed by atoms with Crippen LogP contribution in [-0.4, -0.2) is 15.7 Å². The zero-order valence-corrected chi connectivity index (χ0v) is 13.3. The summed E-state index contributed by atoms with van der Waals surface area (Å²) in [5, 5.41) is 6.99. The van der Waals surface area contributed by atoms with Gasteiger partial charge in [0, 0.05) is 12.6 Å². The summed E-state index contributed by atoms with van der Waals surface area (Å²) in [4.78, 5) is 24.3. The van der Waals surface area contributed by atoms with Crippen molar-refractivity contribution in [1.82, 2.24) is 15.1 Å². The lowest BCUT2D eigenvalue weighted by Gasteiger charge is -2.08. The molecule has 24 heavy (non-hydrogen) atoms. The van der Waals surface area contributed by atoms with Crippen LogP contribution in [0.4, 0.5) is 0 Å². The second-order valence-corrected chi connectivity index (χ2v) is 5.48. The van der Waals surface area contributed by atoms with Gasteiger partial charge in [-0.15, -0.1) is 0 Å². The van der Waals surface area contributed by atoms with Crippen molar-refractivity contribution < 1.29 is 4.79 Å².